The molecule has 0 radical (unpaired) electrons. The average Bonchev–Trinajstić information content (AvgIpc) is 3.06. The van der Waals surface area contributed by atoms with Crippen LogP contribution < -0.4 is 5.32 Å². The van der Waals surface area contributed by atoms with Crippen molar-refractivity contribution in [2.45, 2.75) is 70.5 Å². The highest BCUT2D eigenvalue weighted by atomic mass is 15.2. The molecule has 0 spiro atoms. The summed E-state index contributed by atoms with van der Waals surface area (Å²) in [5.74, 6) is 0. The summed E-state index contributed by atoms with van der Waals surface area (Å²) in [5.41, 5.74) is 0. The predicted molar refractivity (Wildman–Crippen MR) is 65.1 cm³/mol. The Morgan fingerprint density at radius 1 is 1.27 bits per heavy atom. The zero-order chi connectivity index (χ0) is 10.7. The Balaban J connectivity index is 1.55. The van der Waals surface area contributed by atoms with Crippen molar-refractivity contribution in [3.63, 3.8) is 0 Å². The molecule has 2 nitrogen and oxygen atoms in total. The lowest BCUT2D eigenvalue weighted by atomic mass is 10.1. The second-order valence-electron chi connectivity index (χ2n) is 5.28. The molecule has 0 aliphatic heterocycles. The highest BCUT2D eigenvalue weighted by Gasteiger charge is 2.30. The fourth-order valence-electron chi connectivity index (χ4n) is 2.49. The molecular weight excluding hydrogens is 184 g/mol. The third kappa shape index (κ3) is 3.76. The van der Waals surface area contributed by atoms with Crippen LogP contribution in [-0.4, -0.2) is 36.1 Å². The molecule has 2 rings (SSSR count). The van der Waals surface area contributed by atoms with Crippen LogP contribution in [0.4, 0.5) is 0 Å². The molecule has 2 saturated carbocycles. The third-order valence-electron chi connectivity index (χ3n) is 3.76. The first-order valence-electron chi connectivity index (χ1n) is 6.80. The van der Waals surface area contributed by atoms with E-state index in [-0.39, 0.29) is 0 Å². The Kier molecular flexibility index (Phi) is 4.04. The van der Waals surface area contributed by atoms with Crippen LogP contribution in [0.3, 0.4) is 0 Å². The van der Waals surface area contributed by atoms with Crippen molar-refractivity contribution in [3.8, 4) is 0 Å². The van der Waals surface area contributed by atoms with Gasteiger partial charge < -0.3 is 5.32 Å². The minimum atomic E-state index is 0.795. The second kappa shape index (κ2) is 5.31. The van der Waals surface area contributed by atoms with Crippen LogP contribution in [0.15, 0.2) is 0 Å². The Labute approximate surface area is 94.4 Å². The molecule has 0 aromatic heterocycles. The summed E-state index contributed by atoms with van der Waals surface area (Å²) < 4.78 is 0. The van der Waals surface area contributed by atoms with E-state index in [1.807, 2.05) is 0 Å². The van der Waals surface area contributed by atoms with Crippen LogP contribution in [0.5, 0.6) is 0 Å². The first-order valence-corrected chi connectivity index (χ1v) is 6.80. The number of hydrogen-bond acceptors (Lipinski definition) is 2. The van der Waals surface area contributed by atoms with Gasteiger partial charge in [-0.25, -0.2) is 0 Å². The van der Waals surface area contributed by atoms with Crippen LogP contribution in [0.1, 0.15) is 52.4 Å². The third-order valence-corrected chi connectivity index (χ3v) is 3.76. The van der Waals surface area contributed by atoms with Gasteiger partial charge in [0.1, 0.15) is 0 Å². The fourth-order valence-corrected chi connectivity index (χ4v) is 2.49. The van der Waals surface area contributed by atoms with E-state index in [0.29, 0.717) is 0 Å². The Morgan fingerprint density at radius 3 is 2.53 bits per heavy atom. The maximum atomic E-state index is 3.60. The standard InChI is InChI=1S/C13H26N2/c1-3-15(13-8-9-13)11(2)5-4-10-14-12-6-7-12/h11-14H,3-10H2,1-2H3. The molecule has 0 aromatic rings. The topological polar surface area (TPSA) is 15.3 Å². The molecule has 2 aliphatic rings. The quantitative estimate of drug-likeness (QED) is 0.619. The van der Waals surface area contributed by atoms with Gasteiger partial charge >= 0.3 is 0 Å². The summed E-state index contributed by atoms with van der Waals surface area (Å²) in [4.78, 5) is 2.69. The molecule has 1 atom stereocenters. The van der Waals surface area contributed by atoms with Gasteiger partial charge in [-0.05, 0) is 58.5 Å². The fraction of sp³-hybridized carbons (Fsp3) is 1.00. The van der Waals surface area contributed by atoms with Gasteiger partial charge in [-0.15, -0.1) is 0 Å². The SMILES string of the molecule is CCN(C(C)CCCNC1CC1)C1CC1. The van der Waals surface area contributed by atoms with Gasteiger partial charge in [0.15, 0.2) is 0 Å². The molecule has 2 fully saturated rings. The second-order valence-corrected chi connectivity index (χ2v) is 5.28. The maximum absolute atomic E-state index is 3.60. The molecule has 0 amide bonds. The first-order chi connectivity index (χ1) is 7.31. The Morgan fingerprint density at radius 2 is 2.00 bits per heavy atom. The smallest absolute Gasteiger partial charge is 0.00991 e. The van der Waals surface area contributed by atoms with Crippen molar-refractivity contribution in [1.29, 1.82) is 0 Å². The molecule has 1 unspecified atom stereocenters. The molecular formula is C13H26N2. The number of nitrogens with one attached hydrogen (secondary N) is 1. The van der Waals surface area contributed by atoms with Crippen molar-refractivity contribution in [3.05, 3.63) is 0 Å². The van der Waals surface area contributed by atoms with Crippen molar-refractivity contribution < 1.29 is 0 Å². The zero-order valence-corrected chi connectivity index (χ0v) is 10.3. The summed E-state index contributed by atoms with van der Waals surface area (Å²) in [6, 6.07) is 2.61. The van der Waals surface area contributed by atoms with Gasteiger partial charge in [-0.3, -0.25) is 4.90 Å². The molecule has 2 aliphatic carbocycles. The summed E-state index contributed by atoms with van der Waals surface area (Å²) in [6.07, 6.45) is 8.43. The van der Waals surface area contributed by atoms with Crippen LogP contribution in [0.25, 0.3) is 0 Å². The van der Waals surface area contributed by atoms with E-state index < -0.39 is 0 Å². The first kappa shape index (κ1) is 11.4. The van der Waals surface area contributed by atoms with E-state index >= 15 is 0 Å². The number of nitrogens with zero attached hydrogens (tertiary/aromatic N) is 1. The van der Waals surface area contributed by atoms with Crippen LogP contribution in [0.2, 0.25) is 0 Å². The molecule has 1 N–H and O–H groups in total. The summed E-state index contributed by atoms with van der Waals surface area (Å²) in [5, 5.41) is 3.60. The zero-order valence-electron chi connectivity index (χ0n) is 10.3. The molecule has 0 bridgehead atoms. The summed E-state index contributed by atoms with van der Waals surface area (Å²) in [7, 11) is 0. The molecule has 0 heterocycles. The van der Waals surface area contributed by atoms with E-state index in [1.165, 1.54) is 51.6 Å². The molecule has 0 aromatic carbocycles. The largest absolute Gasteiger partial charge is 0.314 e. The molecule has 88 valence electrons. The summed E-state index contributed by atoms with van der Waals surface area (Å²) in [6.45, 7) is 7.18. The Hall–Kier alpha value is -0.0800. The molecule has 15 heavy (non-hydrogen) atoms. The van der Waals surface area contributed by atoms with E-state index in [9.17, 15) is 0 Å². The Bertz CT molecular complexity index is 185. The average molecular weight is 210 g/mol. The predicted octanol–water partition coefficient (Wildman–Crippen LogP) is 2.39. The van der Waals surface area contributed by atoms with E-state index in [4.69, 9.17) is 0 Å². The minimum Gasteiger partial charge on any atom is -0.314 e. The van der Waals surface area contributed by atoms with Crippen LogP contribution in [0, 0.1) is 0 Å². The monoisotopic (exact) mass is 210 g/mol. The molecule has 2 heteroatoms. The lowest BCUT2D eigenvalue weighted by Gasteiger charge is -2.27. The van der Waals surface area contributed by atoms with E-state index in [1.54, 1.807) is 0 Å². The highest BCUT2D eigenvalue weighted by Crippen LogP contribution is 2.29. The van der Waals surface area contributed by atoms with E-state index in [0.717, 1.165) is 18.1 Å². The van der Waals surface area contributed by atoms with E-state index in [2.05, 4.69) is 24.1 Å². The van der Waals surface area contributed by atoms with Gasteiger partial charge in [-0.2, -0.15) is 0 Å². The number of hydrogen-bond donors (Lipinski definition) is 1. The van der Waals surface area contributed by atoms with Crippen molar-refractivity contribution in [2.75, 3.05) is 13.1 Å². The van der Waals surface area contributed by atoms with Crippen molar-refractivity contribution in [2.24, 2.45) is 0 Å². The summed E-state index contributed by atoms with van der Waals surface area (Å²) >= 11 is 0. The lowest BCUT2D eigenvalue weighted by Crippen LogP contribution is -2.35. The lowest BCUT2D eigenvalue weighted by molar-refractivity contribution is 0.197. The van der Waals surface area contributed by atoms with Crippen LogP contribution >= 0.6 is 0 Å². The van der Waals surface area contributed by atoms with Gasteiger partial charge in [0.05, 0.1) is 0 Å². The van der Waals surface area contributed by atoms with Crippen LogP contribution in [-0.2, 0) is 0 Å². The maximum Gasteiger partial charge on any atom is 0.00991 e. The highest BCUT2D eigenvalue weighted by molar-refractivity contribution is 4.87. The number of rotatable bonds is 8. The minimum absolute atomic E-state index is 0.795. The van der Waals surface area contributed by atoms with Crippen molar-refractivity contribution in [1.82, 2.24) is 10.2 Å². The van der Waals surface area contributed by atoms with Crippen molar-refractivity contribution >= 4 is 0 Å². The van der Waals surface area contributed by atoms with Gasteiger partial charge in [0, 0.05) is 18.1 Å². The van der Waals surface area contributed by atoms with Gasteiger partial charge in [0.25, 0.3) is 0 Å². The normalized spacial score (nSPS) is 23.4. The van der Waals surface area contributed by atoms with Gasteiger partial charge in [-0.1, -0.05) is 6.92 Å². The molecule has 0 saturated heterocycles. The van der Waals surface area contributed by atoms with Gasteiger partial charge in [0.2, 0.25) is 0 Å².